The summed E-state index contributed by atoms with van der Waals surface area (Å²) in [6.45, 7) is 4.99. The second-order valence-corrected chi connectivity index (χ2v) is 7.28. The molecule has 2 aliphatic rings. The molecule has 0 aromatic heterocycles. The van der Waals surface area contributed by atoms with Gasteiger partial charge >= 0.3 is 0 Å². The number of halogens is 1. The second-order valence-electron chi connectivity index (χ2n) is 7.28. The van der Waals surface area contributed by atoms with Crippen LogP contribution in [0.25, 0.3) is 0 Å². The molecule has 0 saturated carbocycles. The van der Waals surface area contributed by atoms with Crippen molar-refractivity contribution >= 4 is 11.6 Å². The van der Waals surface area contributed by atoms with E-state index in [1.54, 1.807) is 18.2 Å². The number of aryl methyl sites for hydroxylation is 1. The summed E-state index contributed by atoms with van der Waals surface area (Å²) in [6.07, 6.45) is 0.499. The molecule has 0 N–H and O–H groups in total. The summed E-state index contributed by atoms with van der Waals surface area (Å²) in [4.78, 5) is 15.1. The van der Waals surface area contributed by atoms with Gasteiger partial charge in [0.25, 0.3) is 5.91 Å². The molecule has 0 unspecified atom stereocenters. The van der Waals surface area contributed by atoms with Crippen molar-refractivity contribution in [3.05, 3.63) is 71.0 Å². The van der Waals surface area contributed by atoms with Crippen molar-refractivity contribution in [1.82, 2.24) is 9.91 Å². The maximum Gasteiger partial charge on any atom is 0.257 e. The minimum Gasteiger partial charge on any atom is -0.379 e. The number of carbonyl (C=O) groups excluding carboxylic acids is 1. The predicted octanol–water partition coefficient (Wildman–Crippen LogP) is 3.14. The highest BCUT2D eigenvalue weighted by Gasteiger charge is 2.35. The van der Waals surface area contributed by atoms with E-state index in [9.17, 15) is 9.18 Å². The van der Waals surface area contributed by atoms with E-state index in [1.165, 1.54) is 11.1 Å². The van der Waals surface area contributed by atoms with Crippen molar-refractivity contribution in [2.45, 2.75) is 19.4 Å². The van der Waals surface area contributed by atoms with Crippen LogP contribution in [0, 0.1) is 12.7 Å². The fourth-order valence-electron chi connectivity index (χ4n) is 3.67. The van der Waals surface area contributed by atoms with E-state index in [0.717, 1.165) is 29.9 Å². The standard InChI is InChI=1S/C22H24FN3O2/c1-16-6-8-17(9-7-16)20-14-21(18-4-2-3-5-19(18)23)26(24-20)22(27)15-25-10-12-28-13-11-25/h2-9,21H,10-15H2,1H3/t21-/m1/s1. The van der Waals surface area contributed by atoms with E-state index in [1.807, 2.05) is 31.2 Å². The number of amides is 1. The Morgan fingerprint density at radius 3 is 2.57 bits per heavy atom. The Kier molecular flexibility index (Phi) is 5.50. The molecule has 0 bridgehead atoms. The molecule has 5 nitrogen and oxygen atoms in total. The molecule has 1 fully saturated rings. The van der Waals surface area contributed by atoms with Gasteiger partial charge < -0.3 is 4.74 Å². The van der Waals surface area contributed by atoms with Crippen LogP contribution in [0.5, 0.6) is 0 Å². The van der Waals surface area contributed by atoms with Gasteiger partial charge in [-0.05, 0) is 18.6 Å². The fourth-order valence-corrected chi connectivity index (χ4v) is 3.67. The van der Waals surface area contributed by atoms with Crippen molar-refractivity contribution in [3.8, 4) is 0 Å². The normalized spacial score (nSPS) is 20.3. The molecule has 1 saturated heterocycles. The van der Waals surface area contributed by atoms with E-state index >= 15 is 0 Å². The van der Waals surface area contributed by atoms with Crippen LogP contribution in [0.4, 0.5) is 4.39 Å². The Labute approximate surface area is 164 Å². The van der Waals surface area contributed by atoms with Crippen molar-refractivity contribution in [2.24, 2.45) is 5.10 Å². The van der Waals surface area contributed by atoms with Gasteiger partial charge in [-0.1, -0.05) is 48.0 Å². The zero-order chi connectivity index (χ0) is 19.5. The lowest BCUT2D eigenvalue weighted by molar-refractivity contribution is -0.135. The second kappa shape index (κ2) is 8.20. The summed E-state index contributed by atoms with van der Waals surface area (Å²) in [5.74, 6) is -0.422. The predicted molar refractivity (Wildman–Crippen MR) is 106 cm³/mol. The summed E-state index contributed by atoms with van der Waals surface area (Å²) < 4.78 is 19.9. The third-order valence-electron chi connectivity index (χ3n) is 5.28. The molecule has 2 aromatic rings. The Balaban J connectivity index is 1.62. The van der Waals surface area contributed by atoms with Gasteiger partial charge in [-0.3, -0.25) is 9.69 Å². The Hall–Kier alpha value is -2.57. The maximum absolute atomic E-state index is 14.5. The minimum atomic E-state index is -0.425. The highest BCUT2D eigenvalue weighted by Crippen LogP contribution is 2.34. The van der Waals surface area contributed by atoms with E-state index in [2.05, 4.69) is 10.0 Å². The SMILES string of the molecule is Cc1ccc(C2=NN(C(=O)CN3CCOCC3)[C@@H](c3ccccc3F)C2)cc1. The molecule has 1 atom stereocenters. The summed E-state index contributed by atoms with van der Waals surface area (Å²) >= 11 is 0. The number of ether oxygens (including phenoxy) is 1. The smallest absolute Gasteiger partial charge is 0.257 e. The lowest BCUT2D eigenvalue weighted by atomic mass is 9.97. The number of hydrogen-bond donors (Lipinski definition) is 0. The molecule has 6 heteroatoms. The van der Waals surface area contributed by atoms with Gasteiger partial charge in [-0.2, -0.15) is 5.10 Å². The van der Waals surface area contributed by atoms with E-state index in [4.69, 9.17) is 4.74 Å². The van der Waals surface area contributed by atoms with E-state index < -0.39 is 6.04 Å². The molecule has 2 aromatic carbocycles. The van der Waals surface area contributed by atoms with E-state index in [-0.39, 0.29) is 18.3 Å². The fraction of sp³-hybridized carbons (Fsp3) is 0.364. The molecule has 2 heterocycles. The average molecular weight is 381 g/mol. The van der Waals surface area contributed by atoms with Crippen LogP contribution >= 0.6 is 0 Å². The van der Waals surface area contributed by atoms with Crippen molar-refractivity contribution in [1.29, 1.82) is 0 Å². The largest absolute Gasteiger partial charge is 0.379 e. The van der Waals surface area contributed by atoms with Crippen molar-refractivity contribution in [2.75, 3.05) is 32.8 Å². The first kappa shape index (κ1) is 18.8. The van der Waals surface area contributed by atoms with Gasteiger partial charge in [0.2, 0.25) is 0 Å². The zero-order valence-electron chi connectivity index (χ0n) is 16.0. The molecule has 0 aliphatic carbocycles. The van der Waals surface area contributed by atoms with Crippen LogP contribution in [-0.2, 0) is 9.53 Å². The Bertz CT molecular complexity index is 876. The quantitative estimate of drug-likeness (QED) is 0.817. The van der Waals surface area contributed by atoms with Gasteiger partial charge in [-0.15, -0.1) is 0 Å². The number of hydrogen-bond acceptors (Lipinski definition) is 4. The average Bonchev–Trinajstić information content (AvgIpc) is 3.15. The molecule has 2 aliphatic heterocycles. The van der Waals surface area contributed by atoms with E-state index in [0.29, 0.717) is 25.2 Å². The maximum atomic E-state index is 14.5. The first-order chi connectivity index (χ1) is 13.6. The molecule has 146 valence electrons. The third kappa shape index (κ3) is 3.98. The summed E-state index contributed by atoms with van der Waals surface area (Å²) in [7, 11) is 0. The van der Waals surface area contributed by atoms with Gasteiger partial charge in [0.1, 0.15) is 5.82 Å². The molecule has 0 spiro atoms. The van der Waals surface area contributed by atoms with Crippen molar-refractivity contribution in [3.63, 3.8) is 0 Å². The van der Waals surface area contributed by atoms with Gasteiger partial charge in [0.15, 0.2) is 0 Å². The highest BCUT2D eigenvalue weighted by atomic mass is 19.1. The lowest BCUT2D eigenvalue weighted by Gasteiger charge is -2.29. The first-order valence-electron chi connectivity index (χ1n) is 9.63. The van der Waals surface area contributed by atoms with Crippen LogP contribution in [0.2, 0.25) is 0 Å². The number of morpholine rings is 1. The van der Waals surface area contributed by atoms with Gasteiger partial charge in [0, 0.05) is 25.1 Å². The molecule has 28 heavy (non-hydrogen) atoms. The van der Waals surface area contributed by atoms with Crippen LogP contribution in [-0.4, -0.2) is 54.4 Å². The molecule has 1 amide bonds. The third-order valence-corrected chi connectivity index (χ3v) is 5.28. The lowest BCUT2D eigenvalue weighted by Crippen LogP contribution is -2.43. The number of hydrazone groups is 1. The summed E-state index contributed by atoms with van der Waals surface area (Å²) in [5, 5.41) is 6.10. The summed E-state index contributed by atoms with van der Waals surface area (Å²) in [5.41, 5.74) is 3.44. The van der Waals surface area contributed by atoms with Crippen LogP contribution in [0.15, 0.2) is 53.6 Å². The molecular weight excluding hydrogens is 357 g/mol. The topological polar surface area (TPSA) is 45.1 Å². The monoisotopic (exact) mass is 381 g/mol. The van der Waals surface area contributed by atoms with Gasteiger partial charge in [-0.25, -0.2) is 9.40 Å². The number of rotatable bonds is 4. The highest BCUT2D eigenvalue weighted by molar-refractivity contribution is 6.03. The van der Waals surface area contributed by atoms with Crippen molar-refractivity contribution < 1.29 is 13.9 Å². The first-order valence-corrected chi connectivity index (χ1v) is 9.63. The number of carbonyl (C=O) groups is 1. The van der Waals surface area contributed by atoms with Crippen LogP contribution in [0.3, 0.4) is 0 Å². The zero-order valence-corrected chi connectivity index (χ0v) is 16.0. The molecule has 4 rings (SSSR count). The molecular formula is C22H24FN3O2. The number of nitrogens with zero attached hydrogens (tertiary/aromatic N) is 3. The Morgan fingerprint density at radius 2 is 1.86 bits per heavy atom. The molecule has 0 radical (unpaired) electrons. The van der Waals surface area contributed by atoms with Crippen LogP contribution in [0.1, 0.15) is 29.2 Å². The van der Waals surface area contributed by atoms with Gasteiger partial charge in [0.05, 0.1) is 31.5 Å². The van der Waals surface area contributed by atoms with Crippen LogP contribution < -0.4 is 0 Å². The Morgan fingerprint density at radius 1 is 1.14 bits per heavy atom. The summed E-state index contributed by atoms with van der Waals surface area (Å²) in [6, 6.07) is 14.3. The minimum absolute atomic E-state index is 0.114. The number of benzene rings is 2.